The van der Waals surface area contributed by atoms with Crippen molar-refractivity contribution in [1.29, 1.82) is 0 Å². The molecule has 0 aromatic heterocycles. The van der Waals surface area contributed by atoms with Crippen molar-refractivity contribution in [3.63, 3.8) is 0 Å². The molecule has 0 aliphatic rings. The zero-order chi connectivity index (χ0) is 10.7. The number of nitrogens with one attached hydrogen (secondary N) is 1. The van der Waals surface area contributed by atoms with E-state index in [4.69, 9.17) is 5.84 Å². The molecular weight excluding hydrogens is 188 g/mol. The fourth-order valence-corrected chi connectivity index (χ4v) is 1.23. The van der Waals surface area contributed by atoms with Crippen LogP contribution >= 0.6 is 0 Å². The average molecular weight is 201 g/mol. The zero-order valence-corrected chi connectivity index (χ0v) is 8.09. The van der Waals surface area contributed by atoms with Crippen molar-refractivity contribution in [2.24, 2.45) is 5.84 Å². The second kappa shape index (κ2) is 4.45. The highest BCUT2D eigenvalue weighted by atomic mass is 19.2. The predicted molar refractivity (Wildman–Crippen MR) is 50.1 cm³/mol. The fourth-order valence-electron chi connectivity index (χ4n) is 1.23. The van der Waals surface area contributed by atoms with E-state index >= 15 is 0 Å². The van der Waals surface area contributed by atoms with Gasteiger partial charge < -0.3 is 0 Å². The van der Waals surface area contributed by atoms with E-state index in [0.29, 0.717) is 5.56 Å². The molecule has 0 saturated carbocycles. The predicted octanol–water partition coefficient (Wildman–Crippen LogP) is 0.988. The van der Waals surface area contributed by atoms with Crippen molar-refractivity contribution < 1.29 is 8.78 Å². The minimum absolute atomic E-state index is 0.329. The summed E-state index contributed by atoms with van der Waals surface area (Å²) in [6.45, 7) is 0. The molecule has 3 nitrogen and oxygen atoms in total. The van der Waals surface area contributed by atoms with Crippen LogP contribution in [0.25, 0.3) is 0 Å². The maximum absolute atomic E-state index is 12.9. The van der Waals surface area contributed by atoms with Crippen molar-refractivity contribution in [2.75, 3.05) is 14.1 Å². The van der Waals surface area contributed by atoms with Gasteiger partial charge in [-0.2, -0.15) is 0 Å². The van der Waals surface area contributed by atoms with Crippen LogP contribution < -0.4 is 11.3 Å². The SMILES string of the molecule is CN(C)C(NN)c1ccc(F)c(F)c1. The van der Waals surface area contributed by atoms with E-state index in [0.717, 1.165) is 12.1 Å². The van der Waals surface area contributed by atoms with E-state index in [2.05, 4.69) is 5.43 Å². The highest BCUT2D eigenvalue weighted by Crippen LogP contribution is 2.16. The third-order valence-electron chi connectivity index (χ3n) is 1.93. The van der Waals surface area contributed by atoms with E-state index < -0.39 is 11.6 Å². The number of nitrogens with zero attached hydrogens (tertiary/aromatic N) is 1. The summed E-state index contributed by atoms with van der Waals surface area (Å²) < 4.78 is 25.5. The third kappa shape index (κ3) is 2.25. The molecule has 0 spiro atoms. The average Bonchev–Trinajstić information content (AvgIpc) is 2.11. The molecule has 0 saturated heterocycles. The number of nitrogens with two attached hydrogens (primary N) is 1. The third-order valence-corrected chi connectivity index (χ3v) is 1.93. The Bertz CT molecular complexity index is 315. The first-order valence-corrected chi connectivity index (χ1v) is 4.13. The van der Waals surface area contributed by atoms with Gasteiger partial charge in [0.2, 0.25) is 0 Å². The van der Waals surface area contributed by atoms with Gasteiger partial charge in [0, 0.05) is 0 Å². The molecule has 1 rings (SSSR count). The quantitative estimate of drug-likeness (QED) is 0.435. The minimum Gasteiger partial charge on any atom is -0.289 e. The molecule has 3 N–H and O–H groups in total. The van der Waals surface area contributed by atoms with Gasteiger partial charge in [-0.3, -0.25) is 10.7 Å². The highest BCUT2D eigenvalue weighted by Gasteiger charge is 2.13. The van der Waals surface area contributed by atoms with Crippen molar-refractivity contribution in [2.45, 2.75) is 6.17 Å². The summed E-state index contributed by atoms with van der Waals surface area (Å²) in [6.07, 6.45) is -0.329. The summed E-state index contributed by atoms with van der Waals surface area (Å²) in [5.74, 6) is 3.56. The lowest BCUT2D eigenvalue weighted by Crippen LogP contribution is -2.37. The van der Waals surface area contributed by atoms with Crippen LogP contribution in [0.2, 0.25) is 0 Å². The molecule has 1 atom stereocenters. The topological polar surface area (TPSA) is 41.3 Å². The van der Waals surface area contributed by atoms with E-state index in [1.54, 1.807) is 19.0 Å². The number of hydrazine groups is 1. The lowest BCUT2D eigenvalue weighted by atomic mass is 10.1. The van der Waals surface area contributed by atoms with Crippen LogP contribution in [-0.2, 0) is 0 Å². The van der Waals surface area contributed by atoms with Gasteiger partial charge in [-0.1, -0.05) is 6.07 Å². The van der Waals surface area contributed by atoms with Crippen LogP contribution in [0.5, 0.6) is 0 Å². The van der Waals surface area contributed by atoms with Crippen LogP contribution in [0.15, 0.2) is 18.2 Å². The van der Waals surface area contributed by atoms with Crippen LogP contribution in [-0.4, -0.2) is 19.0 Å². The Morgan fingerprint density at radius 3 is 2.36 bits per heavy atom. The van der Waals surface area contributed by atoms with Crippen molar-refractivity contribution in [3.8, 4) is 0 Å². The monoisotopic (exact) mass is 201 g/mol. The normalized spacial score (nSPS) is 13.3. The summed E-state index contributed by atoms with van der Waals surface area (Å²) in [5, 5.41) is 0. The molecule has 0 bridgehead atoms. The lowest BCUT2D eigenvalue weighted by Gasteiger charge is -2.23. The van der Waals surface area contributed by atoms with Crippen LogP contribution in [0.3, 0.4) is 0 Å². The van der Waals surface area contributed by atoms with Gasteiger partial charge in [0.15, 0.2) is 11.6 Å². The standard InChI is InChI=1S/C9H13F2N3/c1-14(2)9(13-12)6-3-4-7(10)8(11)5-6/h3-5,9,13H,12H2,1-2H3. The Morgan fingerprint density at radius 2 is 1.93 bits per heavy atom. The van der Waals surface area contributed by atoms with Gasteiger partial charge in [0.1, 0.15) is 0 Å². The number of benzene rings is 1. The molecule has 0 amide bonds. The molecule has 0 fully saturated rings. The van der Waals surface area contributed by atoms with Crippen molar-refractivity contribution in [3.05, 3.63) is 35.4 Å². The molecule has 1 aromatic rings. The van der Waals surface area contributed by atoms with Crippen LogP contribution in [0.4, 0.5) is 8.78 Å². The molecule has 0 heterocycles. The molecule has 14 heavy (non-hydrogen) atoms. The maximum Gasteiger partial charge on any atom is 0.159 e. The molecule has 78 valence electrons. The molecular formula is C9H13F2N3. The second-order valence-corrected chi connectivity index (χ2v) is 3.21. The van der Waals surface area contributed by atoms with E-state index in [1.165, 1.54) is 6.07 Å². The van der Waals surface area contributed by atoms with Crippen LogP contribution in [0, 0.1) is 11.6 Å². The largest absolute Gasteiger partial charge is 0.289 e. The highest BCUT2D eigenvalue weighted by molar-refractivity contribution is 5.20. The fraction of sp³-hybridized carbons (Fsp3) is 0.333. The van der Waals surface area contributed by atoms with Crippen molar-refractivity contribution in [1.82, 2.24) is 10.3 Å². The van der Waals surface area contributed by atoms with E-state index in [9.17, 15) is 8.78 Å². The molecule has 0 radical (unpaired) electrons. The number of hydrogen-bond acceptors (Lipinski definition) is 3. The maximum atomic E-state index is 12.9. The summed E-state index contributed by atoms with van der Waals surface area (Å²) >= 11 is 0. The first kappa shape index (κ1) is 11.0. The Labute approximate surface area is 81.5 Å². The van der Waals surface area contributed by atoms with E-state index in [-0.39, 0.29) is 6.17 Å². The van der Waals surface area contributed by atoms with Gasteiger partial charge in [-0.25, -0.2) is 14.2 Å². The molecule has 1 aromatic carbocycles. The van der Waals surface area contributed by atoms with Gasteiger partial charge in [0.25, 0.3) is 0 Å². The Kier molecular flexibility index (Phi) is 3.51. The number of halogens is 2. The van der Waals surface area contributed by atoms with Crippen molar-refractivity contribution >= 4 is 0 Å². The Balaban J connectivity index is 3.00. The van der Waals surface area contributed by atoms with Crippen LogP contribution in [0.1, 0.15) is 11.7 Å². The number of hydrogen-bond donors (Lipinski definition) is 2. The molecule has 0 aliphatic heterocycles. The smallest absolute Gasteiger partial charge is 0.159 e. The van der Waals surface area contributed by atoms with Gasteiger partial charge >= 0.3 is 0 Å². The second-order valence-electron chi connectivity index (χ2n) is 3.21. The molecule has 1 unspecified atom stereocenters. The van der Waals surface area contributed by atoms with Gasteiger partial charge in [0.05, 0.1) is 6.17 Å². The first-order valence-electron chi connectivity index (χ1n) is 4.13. The minimum atomic E-state index is -0.871. The summed E-state index contributed by atoms with van der Waals surface area (Å²) in [6, 6.07) is 3.70. The molecule has 0 aliphatic carbocycles. The van der Waals surface area contributed by atoms with Gasteiger partial charge in [-0.15, -0.1) is 0 Å². The Morgan fingerprint density at radius 1 is 1.29 bits per heavy atom. The zero-order valence-electron chi connectivity index (χ0n) is 8.09. The molecule has 5 heteroatoms. The summed E-state index contributed by atoms with van der Waals surface area (Å²) in [7, 11) is 3.57. The Hall–Kier alpha value is -1.04. The first-order chi connectivity index (χ1) is 6.56. The summed E-state index contributed by atoms with van der Waals surface area (Å²) in [4.78, 5) is 1.76. The summed E-state index contributed by atoms with van der Waals surface area (Å²) in [5.41, 5.74) is 3.08. The van der Waals surface area contributed by atoms with Gasteiger partial charge in [-0.05, 0) is 31.8 Å². The lowest BCUT2D eigenvalue weighted by molar-refractivity contribution is 0.252. The van der Waals surface area contributed by atoms with E-state index in [1.807, 2.05) is 0 Å². The number of rotatable bonds is 3.